The van der Waals surface area contributed by atoms with E-state index in [0.717, 1.165) is 0 Å². The van der Waals surface area contributed by atoms with Gasteiger partial charge in [-0.1, -0.05) is 24.3 Å². The van der Waals surface area contributed by atoms with Gasteiger partial charge in [-0.05, 0) is 35.4 Å². The Morgan fingerprint density at radius 1 is 0.810 bits per heavy atom. The first kappa shape index (κ1) is 15.1. The summed E-state index contributed by atoms with van der Waals surface area (Å²) >= 11 is 0. The zero-order chi connectivity index (χ0) is 15.5. The number of alkyl halides is 5. The molecule has 0 aliphatic carbocycles. The highest BCUT2D eigenvalue weighted by atomic mass is 19.4. The third-order valence-electron chi connectivity index (χ3n) is 2.48. The molecule has 112 valence electrons. The van der Waals surface area contributed by atoms with Crippen LogP contribution in [0.15, 0.2) is 48.5 Å². The molecule has 0 radical (unpaired) electrons. The lowest BCUT2D eigenvalue weighted by molar-refractivity contribution is -0.274. The summed E-state index contributed by atoms with van der Waals surface area (Å²) in [6.07, 6.45) is -4.77. The molecule has 0 heterocycles. The molecule has 0 unspecified atom stereocenters. The molecule has 2 rings (SSSR count). The minimum absolute atomic E-state index is 0.0311. The second-order valence-electron chi connectivity index (χ2n) is 3.98. The van der Waals surface area contributed by atoms with E-state index in [0.29, 0.717) is 11.1 Å². The van der Waals surface area contributed by atoms with Crippen LogP contribution < -0.4 is 9.47 Å². The summed E-state index contributed by atoms with van der Waals surface area (Å²) in [6.45, 7) is -2.93. The number of rotatable bonds is 4. The van der Waals surface area contributed by atoms with Crippen molar-refractivity contribution < 1.29 is 31.4 Å². The minimum atomic E-state index is -4.77. The van der Waals surface area contributed by atoms with Gasteiger partial charge in [-0.3, -0.25) is 0 Å². The van der Waals surface area contributed by atoms with Gasteiger partial charge in [-0.15, -0.1) is 13.2 Å². The van der Waals surface area contributed by atoms with Crippen LogP contribution in [-0.4, -0.2) is 13.0 Å². The molecule has 0 amide bonds. The SMILES string of the molecule is FC(F)Oc1ccc(-c2cccc(OC(F)(F)F)c2)cc1. The molecule has 0 bridgehead atoms. The number of hydrogen-bond acceptors (Lipinski definition) is 2. The first-order chi connectivity index (χ1) is 9.83. The summed E-state index contributed by atoms with van der Waals surface area (Å²) in [5, 5.41) is 0. The molecule has 0 atom stereocenters. The highest BCUT2D eigenvalue weighted by molar-refractivity contribution is 5.65. The summed E-state index contributed by atoms with van der Waals surface area (Å²) in [4.78, 5) is 0. The molecule has 7 heteroatoms. The summed E-state index contributed by atoms with van der Waals surface area (Å²) in [6, 6.07) is 10.9. The van der Waals surface area contributed by atoms with E-state index in [9.17, 15) is 22.0 Å². The third-order valence-corrected chi connectivity index (χ3v) is 2.48. The third kappa shape index (κ3) is 4.62. The molecule has 0 N–H and O–H groups in total. The van der Waals surface area contributed by atoms with Crippen LogP contribution in [0.3, 0.4) is 0 Å². The predicted octanol–water partition coefficient (Wildman–Crippen LogP) is 4.85. The van der Waals surface area contributed by atoms with Crippen molar-refractivity contribution in [2.75, 3.05) is 0 Å². The fraction of sp³-hybridized carbons (Fsp3) is 0.143. The van der Waals surface area contributed by atoms with Crippen molar-refractivity contribution in [3.05, 3.63) is 48.5 Å². The molecule has 2 aromatic carbocycles. The van der Waals surface area contributed by atoms with Crippen molar-refractivity contribution in [3.63, 3.8) is 0 Å². The van der Waals surface area contributed by atoms with E-state index in [2.05, 4.69) is 9.47 Å². The molecule has 0 aromatic heterocycles. The lowest BCUT2D eigenvalue weighted by Gasteiger charge is -2.10. The maximum Gasteiger partial charge on any atom is 0.573 e. The molecule has 0 aliphatic rings. The number of halogens is 5. The minimum Gasteiger partial charge on any atom is -0.435 e. The van der Waals surface area contributed by atoms with Crippen molar-refractivity contribution in [2.45, 2.75) is 13.0 Å². The molecule has 0 aliphatic heterocycles. The van der Waals surface area contributed by atoms with Gasteiger partial charge in [0.2, 0.25) is 0 Å². The standard InChI is InChI=1S/C14H9F5O2/c15-13(16)20-11-6-4-9(5-7-11)10-2-1-3-12(8-10)21-14(17,18)19/h1-8,13H. The van der Waals surface area contributed by atoms with Crippen LogP contribution in [-0.2, 0) is 0 Å². The van der Waals surface area contributed by atoms with Crippen molar-refractivity contribution in [2.24, 2.45) is 0 Å². The number of hydrogen-bond donors (Lipinski definition) is 0. The summed E-state index contributed by atoms with van der Waals surface area (Å²) in [5.41, 5.74) is 1.00. The van der Waals surface area contributed by atoms with Gasteiger partial charge in [-0.25, -0.2) is 0 Å². The summed E-state index contributed by atoms with van der Waals surface area (Å²) in [7, 11) is 0. The Morgan fingerprint density at radius 2 is 1.48 bits per heavy atom. The smallest absolute Gasteiger partial charge is 0.435 e. The van der Waals surface area contributed by atoms with Crippen LogP contribution in [0, 0.1) is 0 Å². The Labute approximate surface area is 116 Å². The van der Waals surface area contributed by atoms with E-state index >= 15 is 0 Å². The Morgan fingerprint density at radius 3 is 2.05 bits per heavy atom. The summed E-state index contributed by atoms with van der Waals surface area (Å²) in [5.74, 6) is -0.385. The topological polar surface area (TPSA) is 18.5 Å². The summed E-state index contributed by atoms with van der Waals surface area (Å²) < 4.78 is 68.4. The predicted molar refractivity (Wildman–Crippen MR) is 65.2 cm³/mol. The Balaban J connectivity index is 2.20. The molecule has 0 saturated heterocycles. The quantitative estimate of drug-likeness (QED) is 0.751. The molecule has 0 spiro atoms. The first-order valence-electron chi connectivity index (χ1n) is 5.74. The fourth-order valence-electron chi connectivity index (χ4n) is 1.70. The Kier molecular flexibility index (Phi) is 4.30. The second kappa shape index (κ2) is 5.99. The van der Waals surface area contributed by atoms with E-state index in [-0.39, 0.29) is 11.5 Å². The number of benzene rings is 2. The van der Waals surface area contributed by atoms with E-state index in [1.165, 1.54) is 42.5 Å². The van der Waals surface area contributed by atoms with Crippen LogP contribution in [0.4, 0.5) is 22.0 Å². The van der Waals surface area contributed by atoms with E-state index in [4.69, 9.17) is 0 Å². The zero-order valence-corrected chi connectivity index (χ0v) is 10.4. The van der Waals surface area contributed by atoms with E-state index < -0.39 is 13.0 Å². The molecule has 21 heavy (non-hydrogen) atoms. The molecular weight excluding hydrogens is 295 g/mol. The first-order valence-corrected chi connectivity index (χ1v) is 5.74. The fourth-order valence-corrected chi connectivity index (χ4v) is 1.70. The maximum absolute atomic E-state index is 12.1. The lowest BCUT2D eigenvalue weighted by atomic mass is 10.1. The largest absolute Gasteiger partial charge is 0.573 e. The zero-order valence-electron chi connectivity index (χ0n) is 10.4. The van der Waals surface area contributed by atoms with Crippen LogP contribution in [0.1, 0.15) is 0 Å². The van der Waals surface area contributed by atoms with Gasteiger partial charge < -0.3 is 9.47 Å². The normalized spacial score (nSPS) is 11.5. The molecule has 0 saturated carbocycles. The van der Waals surface area contributed by atoms with E-state index in [1.807, 2.05) is 0 Å². The van der Waals surface area contributed by atoms with Gasteiger partial charge in [0, 0.05) is 0 Å². The Bertz CT molecular complexity index is 593. The highest BCUT2D eigenvalue weighted by Gasteiger charge is 2.31. The van der Waals surface area contributed by atoms with Crippen LogP contribution in [0.2, 0.25) is 0 Å². The average molecular weight is 304 g/mol. The average Bonchev–Trinajstić information content (AvgIpc) is 2.37. The Hall–Kier alpha value is -2.31. The monoisotopic (exact) mass is 304 g/mol. The van der Waals surface area contributed by atoms with Crippen molar-refractivity contribution in [1.82, 2.24) is 0 Å². The van der Waals surface area contributed by atoms with E-state index in [1.54, 1.807) is 6.07 Å². The van der Waals surface area contributed by atoms with Crippen LogP contribution in [0.5, 0.6) is 11.5 Å². The maximum atomic E-state index is 12.1. The van der Waals surface area contributed by atoms with Crippen molar-refractivity contribution >= 4 is 0 Å². The molecule has 0 fully saturated rings. The molecular formula is C14H9F5O2. The van der Waals surface area contributed by atoms with Crippen LogP contribution in [0.25, 0.3) is 11.1 Å². The number of ether oxygens (including phenoxy) is 2. The molecule has 2 nitrogen and oxygen atoms in total. The van der Waals surface area contributed by atoms with Crippen molar-refractivity contribution in [3.8, 4) is 22.6 Å². The second-order valence-corrected chi connectivity index (χ2v) is 3.98. The van der Waals surface area contributed by atoms with Gasteiger partial charge in [0.25, 0.3) is 0 Å². The van der Waals surface area contributed by atoms with Gasteiger partial charge in [0.15, 0.2) is 0 Å². The van der Waals surface area contributed by atoms with Crippen LogP contribution >= 0.6 is 0 Å². The van der Waals surface area contributed by atoms with Crippen molar-refractivity contribution in [1.29, 1.82) is 0 Å². The van der Waals surface area contributed by atoms with Gasteiger partial charge >= 0.3 is 13.0 Å². The van der Waals surface area contributed by atoms with Gasteiger partial charge in [0.05, 0.1) is 0 Å². The molecule has 2 aromatic rings. The lowest BCUT2D eigenvalue weighted by Crippen LogP contribution is -2.17. The van der Waals surface area contributed by atoms with Gasteiger partial charge in [0.1, 0.15) is 11.5 Å². The highest BCUT2D eigenvalue weighted by Crippen LogP contribution is 2.29. The van der Waals surface area contributed by atoms with Gasteiger partial charge in [-0.2, -0.15) is 8.78 Å².